The van der Waals surface area contributed by atoms with Crippen molar-refractivity contribution < 1.29 is 15.0 Å². The van der Waals surface area contributed by atoms with Crippen LogP contribution in [0.15, 0.2) is 72.8 Å². The summed E-state index contributed by atoms with van der Waals surface area (Å²) in [6, 6.07) is 22.8. The van der Waals surface area contributed by atoms with Crippen LogP contribution in [0.5, 0.6) is 5.75 Å². The smallest absolute Gasteiger partial charge is 0.229 e. The van der Waals surface area contributed by atoms with E-state index in [1.807, 2.05) is 36.4 Å². The van der Waals surface area contributed by atoms with Gasteiger partial charge in [-0.05, 0) is 60.1 Å². The number of nitrogens with one attached hydrogen (secondary N) is 1. The first-order valence-electron chi connectivity index (χ1n) is 11.8. The van der Waals surface area contributed by atoms with Crippen molar-refractivity contribution in [2.45, 2.75) is 38.7 Å². The van der Waals surface area contributed by atoms with Crippen molar-refractivity contribution in [1.29, 1.82) is 0 Å². The van der Waals surface area contributed by atoms with E-state index in [4.69, 9.17) is 9.97 Å². The molecular formula is C29H27N3O3. The van der Waals surface area contributed by atoms with E-state index in [9.17, 15) is 15.0 Å². The molecule has 0 fully saturated rings. The molecule has 6 nitrogen and oxygen atoms in total. The molecule has 1 amide bonds. The Kier molecular flexibility index (Phi) is 6.55. The van der Waals surface area contributed by atoms with Crippen LogP contribution in [0, 0.1) is 0 Å². The predicted molar refractivity (Wildman–Crippen MR) is 135 cm³/mol. The molecule has 0 radical (unpaired) electrons. The van der Waals surface area contributed by atoms with Gasteiger partial charge in [0.15, 0.2) is 5.82 Å². The highest BCUT2D eigenvalue weighted by Crippen LogP contribution is 2.33. The molecule has 0 aliphatic heterocycles. The molecule has 35 heavy (non-hydrogen) atoms. The van der Waals surface area contributed by atoms with Gasteiger partial charge in [0.1, 0.15) is 5.75 Å². The number of aryl methyl sites for hydroxylation is 4. The fourth-order valence-corrected chi connectivity index (χ4v) is 4.49. The molecule has 1 aliphatic rings. The number of anilines is 1. The maximum absolute atomic E-state index is 12.9. The number of amides is 1. The Hall–Kier alpha value is -4.03. The summed E-state index contributed by atoms with van der Waals surface area (Å²) in [4.78, 5) is 22.8. The number of carbonyl (C=O) groups is 1. The van der Waals surface area contributed by atoms with E-state index < -0.39 is 0 Å². The fourth-order valence-electron chi connectivity index (χ4n) is 4.49. The highest BCUT2D eigenvalue weighted by atomic mass is 16.3. The third kappa shape index (κ3) is 5.23. The van der Waals surface area contributed by atoms with Gasteiger partial charge in [-0.1, -0.05) is 60.7 Å². The number of aromatic hydroxyl groups is 1. The summed E-state index contributed by atoms with van der Waals surface area (Å²) < 4.78 is 0. The number of phenolic OH excluding ortho intramolecular Hbond substituents is 1. The molecule has 3 N–H and O–H groups in total. The molecule has 3 aromatic carbocycles. The number of aliphatic hydroxyl groups excluding tert-OH is 1. The van der Waals surface area contributed by atoms with Gasteiger partial charge in [0.2, 0.25) is 5.91 Å². The normalized spacial score (nSPS) is 12.0. The average molecular weight is 466 g/mol. The Morgan fingerprint density at radius 2 is 1.63 bits per heavy atom. The van der Waals surface area contributed by atoms with Crippen LogP contribution in [-0.4, -0.2) is 26.1 Å². The molecule has 0 bridgehead atoms. The van der Waals surface area contributed by atoms with Crippen molar-refractivity contribution in [3.63, 3.8) is 0 Å². The van der Waals surface area contributed by atoms with Crippen molar-refractivity contribution in [2.75, 3.05) is 5.32 Å². The standard InChI is InChI=1S/C29H27N3O3/c33-18-21-8-13-24-22(16-21)10-15-25-28(24)30-26(14-9-19-4-2-1-3-5-19)29(31-25)32-27(35)17-20-6-11-23(34)12-7-20/h1-8,11-13,16,33-34H,9-10,14-15,17-18H2,(H,31,32,35). The lowest BCUT2D eigenvalue weighted by Gasteiger charge is -2.21. The molecule has 0 unspecified atom stereocenters. The van der Waals surface area contributed by atoms with E-state index in [2.05, 4.69) is 17.4 Å². The monoisotopic (exact) mass is 465 g/mol. The lowest BCUT2D eigenvalue weighted by molar-refractivity contribution is -0.115. The number of nitrogens with zero attached hydrogens (tertiary/aromatic N) is 2. The summed E-state index contributed by atoms with van der Waals surface area (Å²) in [6.07, 6.45) is 3.15. The van der Waals surface area contributed by atoms with Gasteiger partial charge in [0.05, 0.1) is 30.1 Å². The highest BCUT2D eigenvalue weighted by Gasteiger charge is 2.22. The van der Waals surface area contributed by atoms with Crippen LogP contribution in [0.4, 0.5) is 5.82 Å². The number of benzene rings is 3. The van der Waals surface area contributed by atoms with Gasteiger partial charge in [0, 0.05) is 5.56 Å². The van der Waals surface area contributed by atoms with E-state index >= 15 is 0 Å². The quantitative estimate of drug-likeness (QED) is 0.376. The van der Waals surface area contributed by atoms with E-state index in [0.717, 1.165) is 58.6 Å². The molecule has 1 heterocycles. The Labute approximate surface area is 204 Å². The second kappa shape index (κ2) is 10.1. The highest BCUT2D eigenvalue weighted by molar-refractivity contribution is 5.92. The van der Waals surface area contributed by atoms with Crippen molar-refractivity contribution in [1.82, 2.24) is 9.97 Å². The number of carbonyl (C=O) groups excluding carboxylic acids is 1. The van der Waals surface area contributed by atoms with E-state index in [1.165, 1.54) is 5.56 Å². The molecule has 5 rings (SSSR count). The van der Waals surface area contributed by atoms with Gasteiger partial charge in [-0.2, -0.15) is 0 Å². The van der Waals surface area contributed by atoms with Gasteiger partial charge in [-0.3, -0.25) is 4.79 Å². The molecule has 1 aromatic heterocycles. The van der Waals surface area contributed by atoms with Crippen LogP contribution in [0.2, 0.25) is 0 Å². The zero-order valence-corrected chi connectivity index (χ0v) is 19.4. The molecule has 4 aromatic rings. The van der Waals surface area contributed by atoms with E-state index in [0.29, 0.717) is 12.2 Å². The fraction of sp³-hybridized carbons (Fsp3) is 0.207. The maximum Gasteiger partial charge on any atom is 0.229 e. The largest absolute Gasteiger partial charge is 0.508 e. The van der Waals surface area contributed by atoms with Gasteiger partial charge in [0.25, 0.3) is 0 Å². The van der Waals surface area contributed by atoms with Gasteiger partial charge >= 0.3 is 0 Å². The molecule has 0 atom stereocenters. The molecule has 0 spiro atoms. The summed E-state index contributed by atoms with van der Waals surface area (Å²) >= 11 is 0. The van der Waals surface area contributed by atoms with E-state index in [-0.39, 0.29) is 24.7 Å². The molecular weight excluding hydrogens is 438 g/mol. The average Bonchev–Trinajstić information content (AvgIpc) is 2.89. The number of hydrogen-bond donors (Lipinski definition) is 3. The maximum atomic E-state index is 12.9. The van der Waals surface area contributed by atoms with E-state index in [1.54, 1.807) is 24.3 Å². The Morgan fingerprint density at radius 3 is 2.40 bits per heavy atom. The molecule has 1 aliphatic carbocycles. The third-order valence-corrected chi connectivity index (χ3v) is 6.33. The van der Waals surface area contributed by atoms with Gasteiger partial charge in [-0.25, -0.2) is 9.97 Å². The summed E-state index contributed by atoms with van der Waals surface area (Å²) in [6.45, 7) is 0.0140. The van der Waals surface area contributed by atoms with Crippen molar-refractivity contribution in [3.05, 3.63) is 106 Å². The predicted octanol–water partition coefficient (Wildman–Crippen LogP) is 4.41. The summed E-state index contributed by atoms with van der Waals surface area (Å²) in [7, 11) is 0. The van der Waals surface area contributed by atoms with Crippen molar-refractivity contribution in [3.8, 4) is 17.0 Å². The number of fused-ring (bicyclic) bond motifs is 3. The van der Waals surface area contributed by atoms with Gasteiger partial charge in [-0.15, -0.1) is 0 Å². The molecule has 0 saturated heterocycles. The molecule has 176 valence electrons. The first-order valence-corrected chi connectivity index (χ1v) is 11.8. The van der Waals surface area contributed by atoms with Crippen LogP contribution in [-0.2, 0) is 43.5 Å². The first-order chi connectivity index (χ1) is 17.1. The number of aromatic nitrogens is 2. The minimum atomic E-state index is -0.172. The Balaban J connectivity index is 1.46. The van der Waals surface area contributed by atoms with Crippen LogP contribution in [0.3, 0.4) is 0 Å². The minimum Gasteiger partial charge on any atom is -0.508 e. The summed E-state index contributed by atoms with van der Waals surface area (Å²) in [5, 5.41) is 22.0. The zero-order valence-electron chi connectivity index (χ0n) is 19.4. The number of aliphatic hydroxyl groups is 1. The lowest BCUT2D eigenvalue weighted by atomic mass is 9.90. The zero-order chi connectivity index (χ0) is 24.2. The Bertz CT molecular complexity index is 1350. The SMILES string of the molecule is O=C(Cc1ccc(O)cc1)Nc1nc2c(nc1CCc1ccccc1)-c1ccc(CO)cc1CC2. The van der Waals surface area contributed by atoms with Crippen LogP contribution < -0.4 is 5.32 Å². The second-order valence-electron chi connectivity index (χ2n) is 8.84. The second-order valence-corrected chi connectivity index (χ2v) is 8.84. The molecule has 0 saturated carbocycles. The summed E-state index contributed by atoms with van der Waals surface area (Å²) in [5.74, 6) is 0.512. The Morgan fingerprint density at radius 1 is 0.857 bits per heavy atom. The summed E-state index contributed by atoms with van der Waals surface area (Å²) in [5.41, 5.74) is 7.59. The number of hydrogen-bond acceptors (Lipinski definition) is 5. The van der Waals surface area contributed by atoms with Crippen LogP contribution in [0.25, 0.3) is 11.3 Å². The van der Waals surface area contributed by atoms with Crippen LogP contribution >= 0.6 is 0 Å². The van der Waals surface area contributed by atoms with Gasteiger partial charge < -0.3 is 15.5 Å². The van der Waals surface area contributed by atoms with Crippen molar-refractivity contribution >= 4 is 11.7 Å². The van der Waals surface area contributed by atoms with Crippen LogP contribution in [0.1, 0.15) is 33.6 Å². The topological polar surface area (TPSA) is 95.3 Å². The first kappa shape index (κ1) is 22.7. The molecule has 6 heteroatoms. The number of phenols is 1. The minimum absolute atomic E-state index is 0.0140. The number of rotatable bonds is 7. The lowest BCUT2D eigenvalue weighted by Crippen LogP contribution is -2.20. The third-order valence-electron chi connectivity index (χ3n) is 6.33. The van der Waals surface area contributed by atoms with Crippen molar-refractivity contribution in [2.24, 2.45) is 0 Å².